The van der Waals surface area contributed by atoms with Gasteiger partial charge in [0, 0.05) is 63.7 Å². The highest BCUT2D eigenvalue weighted by Gasteiger charge is 2.17. The number of thiophene rings is 1. The zero-order chi connectivity index (χ0) is 24.1. The third-order valence-corrected chi connectivity index (χ3v) is 7.68. The first-order valence-electron chi connectivity index (χ1n) is 12.0. The van der Waals surface area contributed by atoms with Gasteiger partial charge in [0.25, 0.3) is 0 Å². The highest BCUT2D eigenvalue weighted by atomic mass is 32.1. The van der Waals surface area contributed by atoms with Crippen LogP contribution in [0.3, 0.4) is 0 Å². The van der Waals surface area contributed by atoms with Crippen molar-refractivity contribution in [3.63, 3.8) is 0 Å². The van der Waals surface area contributed by atoms with Gasteiger partial charge in [0.1, 0.15) is 11.3 Å². The first-order chi connectivity index (χ1) is 17.7. The third kappa shape index (κ3) is 3.77. The fourth-order valence-electron chi connectivity index (χ4n) is 5.03. The molecule has 7 heterocycles. The number of nitrogens with zero attached hydrogens (tertiary/aromatic N) is 5. The van der Waals surface area contributed by atoms with Crippen LogP contribution in [0, 0.1) is 5.13 Å². The Kier molecular flexibility index (Phi) is 5.11. The van der Waals surface area contributed by atoms with Gasteiger partial charge < -0.3 is 4.98 Å². The van der Waals surface area contributed by atoms with E-state index < -0.39 is 0 Å². The summed E-state index contributed by atoms with van der Waals surface area (Å²) in [4.78, 5) is 20.3. The van der Waals surface area contributed by atoms with Crippen LogP contribution in [0.1, 0.15) is 18.4 Å². The Balaban J connectivity index is 1.28. The summed E-state index contributed by atoms with van der Waals surface area (Å²) in [6.45, 7) is 3.23. The lowest BCUT2D eigenvalue weighted by Crippen LogP contribution is -2.18. The lowest BCUT2D eigenvalue weighted by molar-refractivity contribution is 0.331. The van der Waals surface area contributed by atoms with E-state index >= 15 is 0 Å². The number of aromatic amines is 2. The molecule has 7 rings (SSSR count). The van der Waals surface area contributed by atoms with E-state index in [1.54, 1.807) is 12.3 Å². The molecule has 7 nitrogen and oxygen atoms in total. The molecule has 6 aromatic rings. The second-order valence-corrected chi connectivity index (χ2v) is 10.2. The number of likely N-dealkylation sites (tertiary alicyclic amines) is 1. The minimum atomic E-state index is -0.207. The maximum atomic E-state index is 13.7. The fourth-order valence-corrected chi connectivity index (χ4v) is 5.80. The molecule has 0 aliphatic carbocycles. The second-order valence-electron chi connectivity index (χ2n) is 9.17. The van der Waals surface area contributed by atoms with Crippen LogP contribution in [-0.4, -0.2) is 48.1 Å². The topological polar surface area (TPSA) is 86.4 Å². The number of H-pyrrole nitrogens is 2. The fraction of sp³-hybridized carbons (Fsp3) is 0.185. The molecule has 1 fully saturated rings. The van der Waals surface area contributed by atoms with Gasteiger partial charge in [-0.25, -0.2) is 9.97 Å². The van der Waals surface area contributed by atoms with Crippen LogP contribution in [-0.2, 0) is 6.54 Å². The van der Waals surface area contributed by atoms with Gasteiger partial charge in [-0.15, -0.1) is 11.3 Å². The molecule has 0 amide bonds. The lowest BCUT2D eigenvalue weighted by atomic mass is 10.1. The van der Waals surface area contributed by atoms with Gasteiger partial charge in [-0.3, -0.25) is 15.0 Å². The molecule has 0 radical (unpaired) electrons. The van der Waals surface area contributed by atoms with Gasteiger partial charge in [0.15, 0.2) is 10.8 Å². The monoisotopic (exact) mass is 495 g/mol. The van der Waals surface area contributed by atoms with Gasteiger partial charge in [-0.1, -0.05) is 0 Å². The van der Waals surface area contributed by atoms with Crippen LogP contribution in [0.2, 0.25) is 0 Å². The zero-order valence-electron chi connectivity index (χ0n) is 19.3. The van der Waals surface area contributed by atoms with E-state index in [-0.39, 0.29) is 5.13 Å². The molecule has 6 aromatic heterocycles. The Hall–Kier alpha value is -3.95. The molecule has 1 aliphatic rings. The number of nitrogens with one attached hydrogen (secondary N) is 2. The van der Waals surface area contributed by atoms with Crippen molar-refractivity contribution in [2.45, 2.75) is 19.4 Å². The lowest BCUT2D eigenvalue weighted by Gasteiger charge is -2.14. The van der Waals surface area contributed by atoms with Crippen LogP contribution in [0.25, 0.3) is 55.0 Å². The summed E-state index contributed by atoms with van der Waals surface area (Å²) in [5.74, 6) is 0. The molecule has 9 heteroatoms. The molecule has 36 heavy (non-hydrogen) atoms. The minimum absolute atomic E-state index is 0.207. The smallest absolute Gasteiger partial charge is 0.176 e. The summed E-state index contributed by atoms with van der Waals surface area (Å²) in [6, 6.07) is 11.5. The largest absolute Gasteiger partial charge is 0.338 e. The van der Waals surface area contributed by atoms with Crippen molar-refractivity contribution in [3.8, 4) is 33.0 Å². The van der Waals surface area contributed by atoms with Gasteiger partial charge >= 0.3 is 0 Å². The molecule has 178 valence electrons. The Morgan fingerprint density at radius 1 is 0.917 bits per heavy atom. The van der Waals surface area contributed by atoms with E-state index in [0.29, 0.717) is 5.65 Å². The molecular formula is C27H22FN7S. The number of halogens is 1. The number of hydrogen-bond acceptors (Lipinski definition) is 6. The molecule has 0 saturated carbocycles. The van der Waals surface area contributed by atoms with E-state index in [9.17, 15) is 4.39 Å². The number of rotatable bonds is 5. The van der Waals surface area contributed by atoms with Gasteiger partial charge in [0.2, 0.25) is 0 Å². The van der Waals surface area contributed by atoms with Crippen molar-refractivity contribution in [2.75, 3.05) is 13.1 Å². The van der Waals surface area contributed by atoms with Crippen molar-refractivity contribution in [2.24, 2.45) is 0 Å². The van der Waals surface area contributed by atoms with Crippen molar-refractivity contribution >= 4 is 33.4 Å². The molecule has 0 bridgehead atoms. The molecule has 1 aliphatic heterocycles. The van der Waals surface area contributed by atoms with Gasteiger partial charge in [-0.05, 0) is 67.9 Å². The molecular weight excluding hydrogens is 473 g/mol. The zero-order valence-corrected chi connectivity index (χ0v) is 20.1. The first kappa shape index (κ1) is 21.3. The van der Waals surface area contributed by atoms with Crippen molar-refractivity contribution < 1.29 is 4.39 Å². The minimum Gasteiger partial charge on any atom is -0.338 e. The molecule has 0 unspecified atom stereocenters. The van der Waals surface area contributed by atoms with Crippen LogP contribution in [0.15, 0.2) is 61.2 Å². The van der Waals surface area contributed by atoms with Gasteiger partial charge in [-0.2, -0.15) is 9.49 Å². The molecule has 1 saturated heterocycles. The normalized spacial score (nSPS) is 14.4. The van der Waals surface area contributed by atoms with Crippen molar-refractivity contribution in [1.29, 1.82) is 0 Å². The SMILES string of the molecule is Fc1ccc(-c2ccnc3[nH]c(-c4n[nH]c5ncc(-c6cncc(CN7CCCC7)c6)cc45)cc23)s1. The van der Waals surface area contributed by atoms with Crippen LogP contribution in [0.5, 0.6) is 0 Å². The molecule has 0 atom stereocenters. The van der Waals surface area contributed by atoms with E-state index in [1.165, 1.54) is 24.5 Å². The van der Waals surface area contributed by atoms with Crippen molar-refractivity contribution in [1.82, 2.24) is 35.0 Å². The van der Waals surface area contributed by atoms with E-state index in [2.05, 4.69) is 47.2 Å². The average molecular weight is 496 g/mol. The summed E-state index contributed by atoms with van der Waals surface area (Å²) >= 11 is 1.13. The standard InChI is InChI=1S/C27H22FN7S/c28-24-4-3-23(36-24)19-5-6-30-26-20(19)11-22(32-26)25-21-10-18(14-31-27(21)34-33-25)17-9-16(12-29-13-17)15-35-7-1-2-8-35/h3-6,9-14H,1-2,7-8,15H2,(H,30,32)(H,31,33,34). The summed E-state index contributed by atoms with van der Waals surface area (Å²) in [6.07, 6.45) is 9.97. The summed E-state index contributed by atoms with van der Waals surface area (Å²) in [5.41, 5.74) is 7.21. The predicted molar refractivity (Wildman–Crippen MR) is 140 cm³/mol. The van der Waals surface area contributed by atoms with E-state index in [0.717, 1.165) is 80.3 Å². The third-order valence-electron chi connectivity index (χ3n) is 6.78. The Bertz CT molecular complexity index is 1710. The maximum Gasteiger partial charge on any atom is 0.176 e. The average Bonchev–Trinajstić information content (AvgIpc) is 3.70. The maximum absolute atomic E-state index is 13.7. The quantitative estimate of drug-likeness (QED) is 0.305. The van der Waals surface area contributed by atoms with Crippen molar-refractivity contribution in [3.05, 3.63) is 71.9 Å². The van der Waals surface area contributed by atoms with Gasteiger partial charge in [0.05, 0.1) is 5.69 Å². The molecule has 0 aromatic carbocycles. The van der Waals surface area contributed by atoms with E-state index in [4.69, 9.17) is 0 Å². The van der Waals surface area contributed by atoms with Crippen LogP contribution in [0.4, 0.5) is 4.39 Å². The molecule has 0 spiro atoms. The first-order valence-corrected chi connectivity index (χ1v) is 12.8. The molecule has 2 N–H and O–H groups in total. The number of aromatic nitrogens is 6. The van der Waals surface area contributed by atoms with E-state index in [1.807, 2.05) is 30.7 Å². The second kappa shape index (κ2) is 8.61. The van der Waals surface area contributed by atoms with Crippen LogP contribution >= 0.6 is 11.3 Å². The highest BCUT2D eigenvalue weighted by molar-refractivity contribution is 7.14. The van der Waals surface area contributed by atoms with Crippen LogP contribution < -0.4 is 0 Å². The number of pyridine rings is 3. The Morgan fingerprint density at radius 2 is 1.81 bits per heavy atom. The Morgan fingerprint density at radius 3 is 2.67 bits per heavy atom. The number of fused-ring (bicyclic) bond motifs is 2. The highest BCUT2D eigenvalue weighted by Crippen LogP contribution is 2.36. The summed E-state index contributed by atoms with van der Waals surface area (Å²) in [7, 11) is 0. The Labute approximate surface area is 210 Å². The summed E-state index contributed by atoms with van der Waals surface area (Å²) in [5, 5.41) is 9.24. The number of hydrogen-bond donors (Lipinski definition) is 2. The predicted octanol–water partition coefficient (Wildman–Crippen LogP) is 6.03. The summed E-state index contributed by atoms with van der Waals surface area (Å²) < 4.78 is 13.7.